The first kappa shape index (κ1) is 13.6. The van der Waals surface area contributed by atoms with Crippen molar-refractivity contribution in [3.63, 3.8) is 0 Å². The summed E-state index contributed by atoms with van der Waals surface area (Å²) >= 11 is 0. The van der Waals surface area contributed by atoms with Crippen LogP contribution in [0.5, 0.6) is 0 Å². The van der Waals surface area contributed by atoms with Crippen molar-refractivity contribution in [2.24, 2.45) is 5.92 Å². The summed E-state index contributed by atoms with van der Waals surface area (Å²) in [7, 11) is 2.28. The summed E-state index contributed by atoms with van der Waals surface area (Å²) in [6.45, 7) is 6.01. The molecule has 21 heavy (non-hydrogen) atoms. The van der Waals surface area contributed by atoms with Crippen LogP contribution in [0.15, 0.2) is 18.2 Å². The van der Waals surface area contributed by atoms with Crippen LogP contribution in [0.25, 0.3) is 0 Å². The van der Waals surface area contributed by atoms with Crippen LogP contribution in [0.2, 0.25) is 0 Å². The zero-order chi connectivity index (χ0) is 14.4. The van der Waals surface area contributed by atoms with Gasteiger partial charge in [0, 0.05) is 37.3 Å². The molecule has 2 heteroatoms. The van der Waals surface area contributed by atoms with Gasteiger partial charge in [-0.25, -0.2) is 0 Å². The molecule has 2 aliphatic heterocycles. The van der Waals surface area contributed by atoms with E-state index < -0.39 is 0 Å². The number of likely N-dealkylation sites (N-methyl/N-ethyl adjacent to an activating group) is 1. The van der Waals surface area contributed by atoms with E-state index in [9.17, 15) is 0 Å². The lowest BCUT2D eigenvalue weighted by Crippen LogP contribution is -2.39. The molecule has 0 aromatic heterocycles. The van der Waals surface area contributed by atoms with Gasteiger partial charge in [0.05, 0.1) is 0 Å². The van der Waals surface area contributed by atoms with E-state index in [2.05, 4.69) is 42.0 Å². The van der Waals surface area contributed by atoms with Crippen LogP contribution in [0, 0.1) is 12.8 Å². The Labute approximate surface area is 129 Å². The van der Waals surface area contributed by atoms with Gasteiger partial charge in [0.25, 0.3) is 0 Å². The molecule has 1 saturated carbocycles. The SMILES string of the molecule is Cc1ccc2c(c1)[C@@H]1CN(C)C[C@@H]1N2CC1CCCCC1. The molecule has 2 nitrogen and oxygen atoms in total. The molecule has 1 aliphatic carbocycles. The molecule has 2 heterocycles. The van der Waals surface area contributed by atoms with E-state index in [1.807, 2.05) is 0 Å². The minimum absolute atomic E-state index is 0.730. The first-order chi connectivity index (χ1) is 10.2. The maximum absolute atomic E-state index is 2.78. The van der Waals surface area contributed by atoms with Crippen molar-refractivity contribution in [3.8, 4) is 0 Å². The largest absolute Gasteiger partial charge is 0.366 e. The molecule has 114 valence electrons. The summed E-state index contributed by atoms with van der Waals surface area (Å²) in [5, 5.41) is 0. The molecule has 0 N–H and O–H groups in total. The van der Waals surface area contributed by atoms with Crippen LogP contribution < -0.4 is 4.90 Å². The number of nitrogens with zero attached hydrogens (tertiary/aromatic N) is 2. The number of benzene rings is 1. The van der Waals surface area contributed by atoms with Crippen LogP contribution >= 0.6 is 0 Å². The van der Waals surface area contributed by atoms with Crippen molar-refractivity contribution in [3.05, 3.63) is 29.3 Å². The molecule has 0 spiro atoms. The Kier molecular flexibility index (Phi) is 3.45. The Balaban J connectivity index is 1.63. The Morgan fingerprint density at radius 1 is 1.10 bits per heavy atom. The van der Waals surface area contributed by atoms with Gasteiger partial charge in [0.1, 0.15) is 0 Å². The first-order valence-electron chi connectivity index (χ1n) is 8.78. The quantitative estimate of drug-likeness (QED) is 0.815. The normalized spacial score (nSPS) is 29.7. The van der Waals surface area contributed by atoms with E-state index >= 15 is 0 Å². The number of hydrogen-bond acceptors (Lipinski definition) is 2. The van der Waals surface area contributed by atoms with Gasteiger partial charge in [-0.15, -0.1) is 0 Å². The highest BCUT2D eigenvalue weighted by molar-refractivity contribution is 5.64. The second kappa shape index (κ2) is 5.31. The topological polar surface area (TPSA) is 6.48 Å². The number of anilines is 1. The van der Waals surface area contributed by atoms with Crippen molar-refractivity contribution in [2.45, 2.75) is 51.0 Å². The van der Waals surface area contributed by atoms with Crippen molar-refractivity contribution >= 4 is 5.69 Å². The van der Waals surface area contributed by atoms with Crippen LogP contribution in [0.3, 0.4) is 0 Å². The molecular formula is C19H28N2. The lowest BCUT2D eigenvalue weighted by Gasteiger charge is -2.33. The Hall–Kier alpha value is -1.02. The minimum Gasteiger partial charge on any atom is -0.366 e. The average Bonchev–Trinajstić information content (AvgIpc) is 2.98. The van der Waals surface area contributed by atoms with Gasteiger partial charge in [-0.1, -0.05) is 37.0 Å². The van der Waals surface area contributed by atoms with Gasteiger partial charge in [-0.3, -0.25) is 0 Å². The Morgan fingerprint density at radius 2 is 1.90 bits per heavy atom. The number of hydrogen-bond donors (Lipinski definition) is 0. The van der Waals surface area contributed by atoms with E-state index in [1.54, 1.807) is 11.3 Å². The summed E-state index contributed by atoms with van der Waals surface area (Å²) in [5.41, 5.74) is 4.59. The molecule has 4 rings (SSSR count). The summed E-state index contributed by atoms with van der Waals surface area (Å²) in [4.78, 5) is 5.30. The lowest BCUT2D eigenvalue weighted by atomic mass is 9.88. The molecule has 0 unspecified atom stereocenters. The Morgan fingerprint density at radius 3 is 2.71 bits per heavy atom. The highest BCUT2D eigenvalue weighted by Gasteiger charge is 2.43. The third-order valence-electron chi connectivity index (χ3n) is 5.94. The number of fused-ring (bicyclic) bond motifs is 3. The highest BCUT2D eigenvalue weighted by Crippen LogP contribution is 2.45. The standard InChI is InChI=1S/C19H28N2/c1-14-8-9-18-16(10-14)17-12-20(2)13-19(17)21(18)11-15-6-4-3-5-7-15/h8-10,15,17,19H,3-7,11-13H2,1-2H3/t17-,19-/m0/s1. The van der Waals surface area contributed by atoms with Crippen LogP contribution in [-0.4, -0.2) is 37.6 Å². The zero-order valence-electron chi connectivity index (χ0n) is 13.5. The van der Waals surface area contributed by atoms with Crippen molar-refractivity contribution < 1.29 is 0 Å². The van der Waals surface area contributed by atoms with Gasteiger partial charge in [-0.2, -0.15) is 0 Å². The van der Waals surface area contributed by atoms with E-state index in [4.69, 9.17) is 0 Å². The average molecular weight is 284 g/mol. The van der Waals surface area contributed by atoms with Gasteiger partial charge in [-0.05, 0) is 44.4 Å². The van der Waals surface area contributed by atoms with Crippen molar-refractivity contribution in [1.29, 1.82) is 0 Å². The van der Waals surface area contributed by atoms with Crippen LogP contribution in [0.1, 0.15) is 49.1 Å². The van der Waals surface area contributed by atoms with Gasteiger partial charge in [0.2, 0.25) is 0 Å². The predicted molar refractivity (Wildman–Crippen MR) is 89.1 cm³/mol. The predicted octanol–water partition coefficient (Wildman–Crippen LogP) is 3.79. The molecule has 2 fully saturated rings. The van der Waals surface area contributed by atoms with Crippen LogP contribution in [-0.2, 0) is 0 Å². The molecule has 1 aromatic carbocycles. The van der Waals surface area contributed by atoms with Gasteiger partial charge < -0.3 is 9.80 Å². The summed E-state index contributed by atoms with van der Waals surface area (Å²) in [5.74, 6) is 1.67. The van der Waals surface area contributed by atoms with Crippen LogP contribution in [0.4, 0.5) is 5.69 Å². The monoisotopic (exact) mass is 284 g/mol. The maximum Gasteiger partial charge on any atom is 0.0498 e. The Bertz CT molecular complexity index is 518. The third-order valence-corrected chi connectivity index (χ3v) is 5.94. The molecule has 0 bridgehead atoms. The summed E-state index contributed by atoms with van der Waals surface area (Å²) in [6, 6.07) is 7.88. The second-order valence-corrected chi connectivity index (χ2v) is 7.61. The second-order valence-electron chi connectivity index (χ2n) is 7.61. The molecule has 1 aromatic rings. The van der Waals surface area contributed by atoms with E-state index in [0.29, 0.717) is 0 Å². The molecule has 0 radical (unpaired) electrons. The minimum atomic E-state index is 0.730. The molecule has 2 atom stereocenters. The number of likely N-dealkylation sites (tertiary alicyclic amines) is 1. The fraction of sp³-hybridized carbons (Fsp3) is 0.684. The highest BCUT2D eigenvalue weighted by atomic mass is 15.3. The zero-order valence-corrected chi connectivity index (χ0v) is 13.5. The fourth-order valence-electron chi connectivity index (χ4n) is 4.89. The van der Waals surface area contributed by atoms with E-state index in [-0.39, 0.29) is 0 Å². The molecule has 1 saturated heterocycles. The summed E-state index contributed by atoms with van der Waals surface area (Å²) < 4.78 is 0. The van der Waals surface area contributed by atoms with Gasteiger partial charge >= 0.3 is 0 Å². The van der Waals surface area contributed by atoms with Crippen molar-refractivity contribution in [2.75, 3.05) is 31.6 Å². The molecule has 0 amide bonds. The number of rotatable bonds is 2. The maximum atomic E-state index is 2.78. The van der Waals surface area contributed by atoms with E-state index in [0.717, 1.165) is 17.9 Å². The lowest BCUT2D eigenvalue weighted by molar-refractivity contribution is 0.347. The van der Waals surface area contributed by atoms with E-state index in [1.165, 1.54) is 57.3 Å². The third kappa shape index (κ3) is 2.38. The van der Waals surface area contributed by atoms with Gasteiger partial charge in [0.15, 0.2) is 0 Å². The molecular weight excluding hydrogens is 256 g/mol. The smallest absolute Gasteiger partial charge is 0.0498 e. The first-order valence-corrected chi connectivity index (χ1v) is 8.78. The molecule has 3 aliphatic rings. The summed E-state index contributed by atoms with van der Waals surface area (Å²) in [6.07, 6.45) is 7.26. The van der Waals surface area contributed by atoms with Crippen molar-refractivity contribution in [1.82, 2.24) is 4.90 Å². The number of aryl methyl sites for hydroxylation is 1. The fourth-order valence-corrected chi connectivity index (χ4v) is 4.89.